The molecule has 0 radical (unpaired) electrons. The van der Waals surface area contributed by atoms with E-state index in [-0.39, 0.29) is 5.91 Å². The quantitative estimate of drug-likeness (QED) is 0.743. The van der Waals surface area contributed by atoms with E-state index in [9.17, 15) is 4.79 Å². The van der Waals surface area contributed by atoms with Gasteiger partial charge in [0.25, 0.3) is 11.9 Å². The molecule has 3 N–H and O–H groups in total. The van der Waals surface area contributed by atoms with Crippen molar-refractivity contribution in [3.05, 3.63) is 34.3 Å². The fraction of sp³-hybridized carbons (Fsp3) is 0.267. The van der Waals surface area contributed by atoms with Crippen molar-refractivity contribution in [3.8, 4) is 0 Å². The fourth-order valence-corrected chi connectivity index (χ4v) is 2.83. The van der Waals surface area contributed by atoms with Gasteiger partial charge in [-0.25, -0.2) is 4.98 Å². The van der Waals surface area contributed by atoms with E-state index in [1.54, 1.807) is 28.5 Å². The number of nitrogens with zero attached hydrogens (tertiary/aromatic N) is 3. The summed E-state index contributed by atoms with van der Waals surface area (Å²) < 4.78 is 5.58. The molecule has 0 aliphatic heterocycles. The Labute approximate surface area is 137 Å². The maximum atomic E-state index is 12.2. The first-order valence-electron chi connectivity index (χ1n) is 7.10. The maximum Gasteiger partial charge on any atom is 0.297 e. The van der Waals surface area contributed by atoms with Gasteiger partial charge in [-0.1, -0.05) is 0 Å². The van der Waals surface area contributed by atoms with Crippen LogP contribution in [-0.4, -0.2) is 36.5 Å². The Morgan fingerprint density at radius 3 is 2.96 bits per heavy atom. The lowest BCUT2D eigenvalue weighted by atomic mass is 10.3. The van der Waals surface area contributed by atoms with Gasteiger partial charge in [-0.05, 0) is 24.7 Å². The van der Waals surface area contributed by atoms with E-state index in [4.69, 9.17) is 10.2 Å². The Balaban J connectivity index is 1.78. The molecule has 0 atom stereocenters. The first-order chi connectivity index (χ1) is 11.1. The van der Waals surface area contributed by atoms with Crippen molar-refractivity contribution in [2.24, 2.45) is 5.73 Å². The zero-order chi connectivity index (χ0) is 16.4. The second kappa shape index (κ2) is 6.35. The van der Waals surface area contributed by atoms with Crippen molar-refractivity contribution >= 4 is 40.0 Å². The lowest BCUT2D eigenvalue weighted by Crippen LogP contribution is -2.12. The average molecular weight is 331 g/mol. The van der Waals surface area contributed by atoms with E-state index in [0.717, 1.165) is 5.01 Å². The van der Waals surface area contributed by atoms with Crippen LogP contribution in [0.1, 0.15) is 15.5 Å². The number of carbonyl (C=O) groups excluding carboxylic acids is 1. The molecule has 8 heteroatoms. The summed E-state index contributed by atoms with van der Waals surface area (Å²) in [5.41, 5.74) is 7.90. The molecule has 2 aromatic heterocycles. The molecule has 3 rings (SSSR count). The van der Waals surface area contributed by atoms with Gasteiger partial charge >= 0.3 is 0 Å². The molecule has 0 bridgehead atoms. The standard InChI is InChI=1S/C15H17N5O2S/c1-20(2)15-19-10-7-9(3-4-12(10)22-15)17-14(21)11-8-23-13(18-11)5-6-16/h3-4,7-8H,5-6,16H2,1-2H3,(H,17,21). The number of hydrogen-bond donors (Lipinski definition) is 2. The summed E-state index contributed by atoms with van der Waals surface area (Å²) in [6.45, 7) is 0.519. The summed E-state index contributed by atoms with van der Waals surface area (Å²) in [4.78, 5) is 22.6. The van der Waals surface area contributed by atoms with Crippen LogP contribution in [0.4, 0.5) is 11.7 Å². The Morgan fingerprint density at radius 1 is 1.39 bits per heavy atom. The number of rotatable bonds is 5. The molecular weight excluding hydrogens is 314 g/mol. The summed E-state index contributed by atoms with van der Waals surface area (Å²) in [6.07, 6.45) is 0.677. The molecule has 0 aliphatic rings. The van der Waals surface area contributed by atoms with Gasteiger partial charge in [0.05, 0.1) is 5.01 Å². The number of hydrogen-bond acceptors (Lipinski definition) is 7. The topological polar surface area (TPSA) is 97.3 Å². The molecule has 2 heterocycles. The third-order valence-corrected chi connectivity index (χ3v) is 4.07. The summed E-state index contributed by atoms with van der Waals surface area (Å²) >= 11 is 1.44. The number of benzene rings is 1. The number of amides is 1. The zero-order valence-corrected chi connectivity index (χ0v) is 13.7. The highest BCUT2D eigenvalue weighted by Crippen LogP contribution is 2.24. The predicted molar refractivity (Wildman–Crippen MR) is 91.2 cm³/mol. The van der Waals surface area contributed by atoms with Crippen LogP contribution < -0.4 is 16.0 Å². The monoisotopic (exact) mass is 331 g/mol. The lowest BCUT2D eigenvalue weighted by molar-refractivity contribution is 0.102. The number of nitrogens with two attached hydrogens (primary N) is 1. The Kier molecular flexibility index (Phi) is 4.26. The maximum absolute atomic E-state index is 12.2. The summed E-state index contributed by atoms with van der Waals surface area (Å²) in [5, 5.41) is 5.42. The van der Waals surface area contributed by atoms with Crippen molar-refractivity contribution in [1.29, 1.82) is 0 Å². The third kappa shape index (κ3) is 3.33. The van der Waals surface area contributed by atoms with Crippen LogP contribution in [0.25, 0.3) is 11.1 Å². The molecule has 0 aliphatic carbocycles. The molecule has 1 aromatic carbocycles. The number of oxazole rings is 1. The normalized spacial score (nSPS) is 10.9. The van der Waals surface area contributed by atoms with Crippen molar-refractivity contribution < 1.29 is 9.21 Å². The van der Waals surface area contributed by atoms with Crippen molar-refractivity contribution in [2.75, 3.05) is 30.9 Å². The molecule has 0 spiro atoms. The number of carbonyl (C=O) groups is 1. The Bertz CT molecular complexity index is 839. The molecule has 3 aromatic rings. The zero-order valence-electron chi connectivity index (χ0n) is 12.9. The van der Waals surface area contributed by atoms with Crippen LogP contribution in [0, 0.1) is 0 Å². The number of nitrogens with one attached hydrogen (secondary N) is 1. The van der Waals surface area contributed by atoms with E-state index >= 15 is 0 Å². The molecule has 1 amide bonds. The highest BCUT2D eigenvalue weighted by atomic mass is 32.1. The molecule has 7 nitrogen and oxygen atoms in total. The molecule has 0 saturated carbocycles. The SMILES string of the molecule is CN(C)c1nc2cc(NC(=O)c3csc(CCN)n3)ccc2o1. The first kappa shape index (κ1) is 15.4. The second-order valence-corrected chi connectivity index (χ2v) is 6.14. The van der Waals surface area contributed by atoms with Crippen LogP contribution in [0.5, 0.6) is 0 Å². The Hall–Kier alpha value is -2.45. The molecule has 0 saturated heterocycles. The van der Waals surface area contributed by atoms with E-state index in [1.807, 2.05) is 14.1 Å². The average Bonchev–Trinajstić information content (AvgIpc) is 3.13. The van der Waals surface area contributed by atoms with Gasteiger partial charge < -0.3 is 20.4 Å². The largest absolute Gasteiger partial charge is 0.423 e. The highest BCUT2D eigenvalue weighted by molar-refractivity contribution is 7.09. The van der Waals surface area contributed by atoms with Crippen LogP contribution in [0.15, 0.2) is 28.0 Å². The summed E-state index contributed by atoms with van der Waals surface area (Å²) in [5.74, 6) is -0.250. The predicted octanol–water partition coefficient (Wildman–Crippen LogP) is 2.10. The Morgan fingerprint density at radius 2 is 2.22 bits per heavy atom. The van der Waals surface area contributed by atoms with Crippen molar-refractivity contribution in [1.82, 2.24) is 9.97 Å². The summed E-state index contributed by atoms with van der Waals surface area (Å²) in [6, 6.07) is 5.86. The van der Waals surface area contributed by atoms with E-state index in [2.05, 4.69) is 15.3 Å². The van der Waals surface area contributed by atoms with Gasteiger partial charge in [0.2, 0.25) is 0 Å². The van der Waals surface area contributed by atoms with Crippen LogP contribution >= 0.6 is 11.3 Å². The minimum absolute atomic E-state index is 0.250. The number of anilines is 2. The lowest BCUT2D eigenvalue weighted by Gasteiger charge is -2.03. The molecular formula is C15H17N5O2S. The van der Waals surface area contributed by atoms with Crippen LogP contribution in [0.3, 0.4) is 0 Å². The number of fused-ring (bicyclic) bond motifs is 1. The van der Waals surface area contributed by atoms with Crippen molar-refractivity contribution in [3.63, 3.8) is 0 Å². The van der Waals surface area contributed by atoms with Gasteiger partial charge in [0.1, 0.15) is 11.2 Å². The fourth-order valence-electron chi connectivity index (χ4n) is 2.03. The molecule has 0 fully saturated rings. The first-order valence-corrected chi connectivity index (χ1v) is 7.98. The summed E-state index contributed by atoms with van der Waals surface area (Å²) in [7, 11) is 3.71. The number of thiazole rings is 1. The minimum atomic E-state index is -0.250. The van der Waals surface area contributed by atoms with Gasteiger partial charge in [0.15, 0.2) is 5.58 Å². The molecule has 120 valence electrons. The third-order valence-electron chi connectivity index (χ3n) is 3.16. The minimum Gasteiger partial charge on any atom is -0.423 e. The van der Waals surface area contributed by atoms with Gasteiger partial charge in [-0.2, -0.15) is 4.98 Å². The van der Waals surface area contributed by atoms with Crippen molar-refractivity contribution in [2.45, 2.75) is 6.42 Å². The van der Waals surface area contributed by atoms with E-state index in [0.29, 0.717) is 41.5 Å². The molecule has 0 unspecified atom stereocenters. The molecule has 23 heavy (non-hydrogen) atoms. The van der Waals surface area contributed by atoms with Crippen LogP contribution in [0.2, 0.25) is 0 Å². The smallest absolute Gasteiger partial charge is 0.297 e. The van der Waals surface area contributed by atoms with Gasteiger partial charge in [-0.15, -0.1) is 11.3 Å². The van der Waals surface area contributed by atoms with E-state index < -0.39 is 0 Å². The highest BCUT2D eigenvalue weighted by Gasteiger charge is 2.13. The number of aromatic nitrogens is 2. The second-order valence-electron chi connectivity index (χ2n) is 5.19. The van der Waals surface area contributed by atoms with Gasteiger partial charge in [-0.3, -0.25) is 4.79 Å². The van der Waals surface area contributed by atoms with E-state index in [1.165, 1.54) is 11.3 Å². The van der Waals surface area contributed by atoms with Gasteiger partial charge in [0, 0.05) is 31.6 Å². The van der Waals surface area contributed by atoms with Crippen LogP contribution in [-0.2, 0) is 6.42 Å².